The molecule has 0 spiro atoms. The van der Waals surface area contributed by atoms with E-state index >= 15 is 0 Å². The number of ether oxygens (including phenoxy) is 1. The molecule has 0 aliphatic carbocycles. The van der Waals surface area contributed by atoms with Crippen LogP contribution < -0.4 is 4.72 Å². The third-order valence-corrected chi connectivity index (χ3v) is 5.96. The molecule has 10 heteroatoms. The van der Waals surface area contributed by atoms with Crippen molar-refractivity contribution in [3.8, 4) is 0 Å². The summed E-state index contributed by atoms with van der Waals surface area (Å²) in [5.74, 6) is -1.77. The number of benzene rings is 1. The number of carbonyl (C=O) groups is 2. The van der Waals surface area contributed by atoms with Gasteiger partial charge in [0.25, 0.3) is 15.9 Å². The SMILES string of the molecule is CCc1cnc(C(=O)NS(=O)(=O)c2c(Cl)cccc2C(=O)OC)s1. The number of aromatic nitrogens is 1. The van der Waals surface area contributed by atoms with E-state index in [4.69, 9.17) is 11.6 Å². The molecule has 0 aliphatic heterocycles. The van der Waals surface area contributed by atoms with Crippen molar-refractivity contribution in [3.63, 3.8) is 0 Å². The standard InChI is InChI=1S/C14H13ClN2O5S2/c1-3-8-7-16-13(23-8)12(18)17-24(20,21)11-9(14(19)22-2)5-4-6-10(11)15/h4-7H,3H2,1-2H3,(H,17,18). The number of sulfonamides is 1. The lowest BCUT2D eigenvalue weighted by atomic mass is 10.2. The van der Waals surface area contributed by atoms with Crippen molar-refractivity contribution in [1.29, 1.82) is 0 Å². The lowest BCUT2D eigenvalue weighted by Gasteiger charge is -2.11. The first-order chi connectivity index (χ1) is 11.3. The Hall–Kier alpha value is -1.97. The Bertz CT molecular complexity index is 892. The van der Waals surface area contributed by atoms with E-state index < -0.39 is 26.8 Å². The highest BCUT2D eigenvalue weighted by molar-refractivity contribution is 7.90. The summed E-state index contributed by atoms with van der Waals surface area (Å²) >= 11 is 7.00. The Kier molecular flexibility index (Phi) is 5.58. The molecular formula is C14H13ClN2O5S2. The van der Waals surface area contributed by atoms with Crippen LogP contribution in [0.15, 0.2) is 29.3 Å². The molecule has 128 valence electrons. The highest BCUT2D eigenvalue weighted by Gasteiger charge is 2.29. The van der Waals surface area contributed by atoms with Crippen LogP contribution in [-0.2, 0) is 21.2 Å². The van der Waals surface area contributed by atoms with Crippen molar-refractivity contribution in [2.45, 2.75) is 18.2 Å². The fourth-order valence-electron chi connectivity index (χ4n) is 1.85. The normalized spacial score (nSPS) is 11.1. The van der Waals surface area contributed by atoms with E-state index in [1.54, 1.807) is 0 Å². The topological polar surface area (TPSA) is 102 Å². The second-order valence-electron chi connectivity index (χ2n) is 4.53. The fourth-order valence-corrected chi connectivity index (χ4v) is 4.34. The summed E-state index contributed by atoms with van der Waals surface area (Å²) in [6.07, 6.45) is 2.18. The monoisotopic (exact) mass is 388 g/mol. The molecule has 24 heavy (non-hydrogen) atoms. The molecule has 1 aromatic heterocycles. The molecule has 0 aliphatic rings. The van der Waals surface area contributed by atoms with Crippen molar-refractivity contribution in [2.75, 3.05) is 7.11 Å². The molecule has 2 aromatic rings. The van der Waals surface area contributed by atoms with Gasteiger partial charge in [0.05, 0.1) is 17.7 Å². The van der Waals surface area contributed by atoms with Crippen LogP contribution in [0.5, 0.6) is 0 Å². The zero-order valence-corrected chi connectivity index (χ0v) is 15.1. The van der Waals surface area contributed by atoms with Crippen LogP contribution in [0.1, 0.15) is 32.0 Å². The second-order valence-corrected chi connectivity index (χ2v) is 7.67. The number of rotatable bonds is 5. The van der Waals surface area contributed by atoms with E-state index in [0.717, 1.165) is 23.3 Å². The number of amides is 1. The summed E-state index contributed by atoms with van der Waals surface area (Å²) in [7, 11) is -3.28. The number of halogens is 1. The van der Waals surface area contributed by atoms with Gasteiger partial charge in [-0.1, -0.05) is 24.6 Å². The first kappa shape index (κ1) is 18.4. The minimum Gasteiger partial charge on any atom is -0.465 e. The summed E-state index contributed by atoms with van der Waals surface area (Å²) in [5.41, 5.74) is -0.265. The van der Waals surface area contributed by atoms with Crippen molar-refractivity contribution in [2.24, 2.45) is 0 Å². The molecule has 0 saturated heterocycles. The predicted molar refractivity (Wildman–Crippen MR) is 88.9 cm³/mol. The van der Waals surface area contributed by atoms with Crippen LogP contribution >= 0.6 is 22.9 Å². The largest absolute Gasteiger partial charge is 0.465 e. The summed E-state index contributed by atoms with van der Waals surface area (Å²) in [5, 5.41) is -0.200. The van der Waals surface area contributed by atoms with E-state index in [1.807, 2.05) is 11.6 Å². The van der Waals surface area contributed by atoms with Gasteiger partial charge in [0.1, 0.15) is 4.90 Å². The predicted octanol–water partition coefficient (Wildman–Crippen LogP) is 2.26. The number of nitrogens with one attached hydrogen (secondary N) is 1. The lowest BCUT2D eigenvalue weighted by Crippen LogP contribution is -2.32. The van der Waals surface area contributed by atoms with Crippen molar-refractivity contribution in [1.82, 2.24) is 9.71 Å². The van der Waals surface area contributed by atoms with E-state index in [9.17, 15) is 18.0 Å². The Labute approximate surface area is 147 Å². The van der Waals surface area contributed by atoms with E-state index in [-0.39, 0.29) is 15.6 Å². The second kappa shape index (κ2) is 7.29. The summed E-state index contributed by atoms with van der Waals surface area (Å²) < 4.78 is 31.4. The summed E-state index contributed by atoms with van der Waals surface area (Å²) in [6.45, 7) is 1.89. The Balaban J connectivity index is 2.41. The van der Waals surface area contributed by atoms with Gasteiger partial charge in [0.2, 0.25) is 0 Å². The average molecular weight is 389 g/mol. The van der Waals surface area contributed by atoms with Crippen molar-refractivity contribution >= 4 is 44.8 Å². The van der Waals surface area contributed by atoms with E-state index in [0.29, 0.717) is 6.42 Å². The van der Waals surface area contributed by atoms with Crippen LogP contribution in [0.3, 0.4) is 0 Å². The maximum atomic E-state index is 12.5. The van der Waals surface area contributed by atoms with Crippen LogP contribution in [-0.4, -0.2) is 32.4 Å². The third-order valence-electron chi connectivity index (χ3n) is 2.96. The van der Waals surface area contributed by atoms with Gasteiger partial charge in [-0.3, -0.25) is 4.79 Å². The molecule has 1 heterocycles. The molecule has 7 nitrogen and oxygen atoms in total. The molecule has 0 atom stereocenters. The Morgan fingerprint density at radius 2 is 2.08 bits per heavy atom. The van der Waals surface area contributed by atoms with Gasteiger partial charge < -0.3 is 4.74 Å². The molecule has 2 rings (SSSR count). The van der Waals surface area contributed by atoms with Gasteiger partial charge in [-0.15, -0.1) is 11.3 Å². The summed E-state index contributed by atoms with van der Waals surface area (Å²) in [6, 6.07) is 3.95. The Morgan fingerprint density at radius 1 is 1.38 bits per heavy atom. The highest BCUT2D eigenvalue weighted by Crippen LogP contribution is 2.26. The van der Waals surface area contributed by atoms with Crippen molar-refractivity contribution < 1.29 is 22.7 Å². The fraction of sp³-hybridized carbons (Fsp3) is 0.214. The number of esters is 1. The van der Waals surface area contributed by atoms with Crippen LogP contribution in [0, 0.1) is 0 Å². The number of nitrogens with zero attached hydrogens (tertiary/aromatic N) is 1. The van der Waals surface area contributed by atoms with Gasteiger partial charge in [0.15, 0.2) is 5.01 Å². The highest BCUT2D eigenvalue weighted by atomic mass is 35.5. The molecule has 0 bridgehead atoms. The van der Waals surface area contributed by atoms with Gasteiger partial charge >= 0.3 is 5.97 Å². The van der Waals surface area contributed by atoms with Crippen molar-refractivity contribution in [3.05, 3.63) is 44.9 Å². The van der Waals surface area contributed by atoms with Crippen LogP contribution in [0.2, 0.25) is 5.02 Å². The van der Waals surface area contributed by atoms with Crippen LogP contribution in [0.4, 0.5) is 0 Å². The number of hydrogen-bond donors (Lipinski definition) is 1. The maximum Gasteiger partial charge on any atom is 0.339 e. The first-order valence-electron chi connectivity index (χ1n) is 6.68. The molecule has 0 unspecified atom stereocenters. The number of aryl methyl sites for hydroxylation is 1. The molecule has 0 fully saturated rings. The minimum absolute atomic E-state index is 0.00194. The van der Waals surface area contributed by atoms with E-state index in [2.05, 4.69) is 9.72 Å². The first-order valence-corrected chi connectivity index (χ1v) is 9.36. The Morgan fingerprint density at radius 3 is 2.67 bits per heavy atom. The minimum atomic E-state index is -4.39. The average Bonchev–Trinajstić information content (AvgIpc) is 3.02. The molecule has 0 saturated carbocycles. The zero-order chi connectivity index (χ0) is 17.9. The molecule has 0 radical (unpaired) electrons. The van der Waals surface area contributed by atoms with Gasteiger partial charge in [-0.2, -0.15) is 0 Å². The summed E-state index contributed by atoms with van der Waals surface area (Å²) in [4.78, 5) is 28.1. The molecule has 1 aromatic carbocycles. The number of thiazole rings is 1. The third kappa shape index (κ3) is 3.74. The maximum absolute atomic E-state index is 12.5. The zero-order valence-electron chi connectivity index (χ0n) is 12.7. The van der Waals surface area contributed by atoms with Crippen LogP contribution in [0.25, 0.3) is 0 Å². The number of hydrogen-bond acceptors (Lipinski definition) is 7. The van der Waals surface area contributed by atoms with Gasteiger partial charge in [-0.25, -0.2) is 22.9 Å². The lowest BCUT2D eigenvalue weighted by molar-refractivity contribution is 0.0596. The molecular weight excluding hydrogens is 376 g/mol. The van der Waals surface area contributed by atoms with Gasteiger partial charge in [0, 0.05) is 11.1 Å². The van der Waals surface area contributed by atoms with E-state index in [1.165, 1.54) is 24.4 Å². The smallest absolute Gasteiger partial charge is 0.339 e. The van der Waals surface area contributed by atoms with Gasteiger partial charge in [-0.05, 0) is 18.6 Å². The quantitative estimate of drug-likeness (QED) is 0.788. The number of methoxy groups -OCH3 is 1. The molecule has 1 amide bonds. The molecule has 1 N–H and O–H groups in total. The number of carbonyl (C=O) groups excluding carboxylic acids is 2.